The summed E-state index contributed by atoms with van der Waals surface area (Å²) < 4.78 is 0.191. The minimum atomic E-state index is 0.176. The highest BCUT2D eigenvalue weighted by Gasteiger charge is 2.11. The Morgan fingerprint density at radius 1 is 1.44 bits per heavy atom. The molecule has 0 aliphatic carbocycles. The molecule has 0 unspecified atom stereocenters. The maximum atomic E-state index is 6.89. The first-order valence-electron chi connectivity index (χ1n) is 2.61. The van der Waals surface area contributed by atoms with Gasteiger partial charge in [0.15, 0.2) is 5.17 Å². The van der Waals surface area contributed by atoms with E-state index in [1.165, 1.54) is 10.8 Å². The molecule has 9 heavy (non-hydrogen) atoms. The summed E-state index contributed by atoms with van der Waals surface area (Å²) in [5, 5.41) is 7.07. The van der Waals surface area contributed by atoms with Crippen LogP contribution in [0, 0.1) is 5.41 Å². The van der Waals surface area contributed by atoms with Gasteiger partial charge in [-0.25, -0.2) is 0 Å². The van der Waals surface area contributed by atoms with E-state index >= 15 is 0 Å². The van der Waals surface area contributed by atoms with Gasteiger partial charge in [0.05, 0.1) is 0 Å². The molecule has 0 spiro atoms. The van der Waals surface area contributed by atoms with Crippen LogP contribution < -0.4 is 5.73 Å². The van der Waals surface area contributed by atoms with Crippen molar-refractivity contribution in [3.63, 3.8) is 0 Å². The molecule has 0 rings (SSSR count). The highest BCUT2D eigenvalue weighted by Crippen LogP contribution is 2.34. The first kappa shape index (κ1) is 9.17. The van der Waals surface area contributed by atoms with Crippen LogP contribution in [0.4, 0.5) is 0 Å². The van der Waals surface area contributed by atoms with Gasteiger partial charge in [0.25, 0.3) is 0 Å². The van der Waals surface area contributed by atoms with Crippen molar-refractivity contribution in [1.29, 1.82) is 5.41 Å². The number of amidine groups is 1. The maximum Gasteiger partial charge on any atom is 0.161 e. The van der Waals surface area contributed by atoms with Crippen molar-refractivity contribution in [2.24, 2.45) is 5.73 Å². The van der Waals surface area contributed by atoms with Crippen LogP contribution in [0.3, 0.4) is 0 Å². The van der Waals surface area contributed by atoms with Gasteiger partial charge < -0.3 is 5.73 Å². The van der Waals surface area contributed by atoms with Crippen LogP contribution in [0.1, 0.15) is 20.8 Å². The molecule has 2 nitrogen and oxygen atoms in total. The van der Waals surface area contributed by atoms with E-state index in [9.17, 15) is 0 Å². The molecule has 0 aromatic heterocycles. The number of nitrogens with one attached hydrogen (secondary N) is 1. The highest BCUT2D eigenvalue weighted by atomic mass is 33.1. The van der Waals surface area contributed by atoms with Gasteiger partial charge in [0.2, 0.25) is 0 Å². The fourth-order valence-corrected chi connectivity index (χ4v) is 1.53. The van der Waals surface area contributed by atoms with Crippen molar-refractivity contribution >= 4 is 26.8 Å². The molecular weight excluding hydrogens is 152 g/mol. The van der Waals surface area contributed by atoms with Crippen molar-refractivity contribution in [2.45, 2.75) is 25.5 Å². The van der Waals surface area contributed by atoms with Crippen molar-refractivity contribution in [2.75, 3.05) is 0 Å². The van der Waals surface area contributed by atoms with Crippen LogP contribution in [0.5, 0.6) is 0 Å². The second-order valence-corrected chi connectivity index (χ2v) is 5.64. The Morgan fingerprint density at radius 2 is 1.89 bits per heavy atom. The molecule has 0 atom stereocenters. The zero-order chi connectivity index (χ0) is 7.49. The van der Waals surface area contributed by atoms with Gasteiger partial charge in [-0.05, 0) is 10.8 Å². The zero-order valence-corrected chi connectivity index (χ0v) is 7.53. The number of hydrogen-bond donors (Lipinski definition) is 2. The summed E-state index contributed by atoms with van der Waals surface area (Å²) in [6.45, 7) is 6.27. The highest BCUT2D eigenvalue weighted by molar-refractivity contribution is 8.82. The van der Waals surface area contributed by atoms with Gasteiger partial charge in [-0.1, -0.05) is 31.6 Å². The van der Waals surface area contributed by atoms with E-state index in [-0.39, 0.29) is 9.91 Å². The lowest BCUT2D eigenvalue weighted by Crippen LogP contribution is -2.08. The quantitative estimate of drug-likeness (QED) is 0.354. The van der Waals surface area contributed by atoms with Gasteiger partial charge in [0.1, 0.15) is 0 Å². The predicted molar refractivity (Wildman–Crippen MR) is 46.8 cm³/mol. The first-order valence-corrected chi connectivity index (χ1v) is 4.76. The van der Waals surface area contributed by atoms with E-state index in [0.717, 1.165) is 0 Å². The Hall–Kier alpha value is 0.170. The fourth-order valence-electron chi connectivity index (χ4n) is 0.170. The van der Waals surface area contributed by atoms with Crippen LogP contribution in [-0.4, -0.2) is 9.91 Å². The van der Waals surface area contributed by atoms with Crippen LogP contribution in [0.2, 0.25) is 0 Å². The Balaban J connectivity index is 3.39. The molecule has 3 N–H and O–H groups in total. The summed E-state index contributed by atoms with van der Waals surface area (Å²) in [4.78, 5) is 0. The van der Waals surface area contributed by atoms with E-state index < -0.39 is 0 Å². The first-order chi connectivity index (χ1) is 3.92. The molecule has 0 aromatic carbocycles. The van der Waals surface area contributed by atoms with Crippen LogP contribution >= 0.6 is 21.6 Å². The number of hydrogen-bond acceptors (Lipinski definition) is 3. The fraction of sp³-hybridized carbons (Fsp3) is 0.800. The molecule has 0 saturated carbocycles. The molecule has 0 aliphatic rings. The number of nitrogens with two attached hydrogens (primary N) is 1. The lowest BCUT2D eigenvalue weighted by atomic mass is 10.3. The van der Waals surface area contributed by atoms with Crippen LogP contribution in [0.25, 0.3) is 0 Å². The van der Waals surface area contributed by atoms with Crippen molar-refractivity contribution in [1.82, 2.24) is 0 Å². The van der Waals surface area contributed by atoms with E-state index in [2.05, 4.69) is 20.8 Å². The van der Waals surface area contributed by atoms with Crippen LogP contribution in [0.15, 0.2) is 0 Å². The Kier molecular flexibility index (Phi) is 3.43. The number of rotatable bonds is 1. The minimum Gasteiger partial charge on any atom is -0.378 e. The third-order valence-electron chi connectivity index (χ3n) is 0.381. The predicted octanol–water partition coefficient (Wildman–Crippen LogP) is 2.06. The molecule has 0 heterocycles. The van der Waals surface area contributed by atoms with Crippen molar-refractivity contribution in [3.8, 4) is 0 Å². The Bertz CT molecular complexity index is 106. The molecule has 0 fully saturated rings. The lowest BCUT2D eigenvalue weighted by Gasteiger charge is -2.14. The molecule has 0 amide bonds. The van der Waals surface area contributed by atoms with Gasteiger partial charge >= 0.3 is 0 Å². The van der Waals surface area contributed by atoms with Gasteiger partial charge in [-0.2, -0.15) is 0 Å². The summed E-state index contributed by atoms with van der Waals surface area (Å²) in [7, 11) is 2.92. The lowest BCUT2D eigenvalue weighted by molar-refractivity contribution is 0.810. The van der Waals surface area contributed by atoms with Gasteiger partial charge in [0, 0.05) is 4.75 Å². The van der Waals surface area contributed by atoms with E-state index in [0.29, 0.717) is 0 Å². The normalized spacial score (nSPS) is 11.4. The summed E-state index contributed by atoms with van der Waals surface area (Å²) in [6.07, 6.45) is 0. The summed E-state index contributed by atoms with van der Waals surface area (Å²) in [6, 6.07) is 0. The van der Waals surface area contributed by atoms with Crippen LogP contribution in [-0.2, 0) is 0 Å². The topological polar surface area (TPSA) is 49.9 Å². The van der Waals surface area contributed by atoms with E-state index in [4.69, 9.17) is 11.1 Å². The van der Waals surface area contributed by atoms with Gasteiger partial charge in [-0.3, -0.25) is 5.41 Å². The second-order valence-electron chi connectivity index (χ2n) is 2.64. The Labute approximate surface area is 63.9 Å². The average Bonchev–Trinajstić information content (AvgIpc) is 1.59. The molecule has 0 saturated heterocycles. The third-order valence-corrected chi connectivity index (χ3v) is 3.43. The monoisotopic (exact) mass is 164 g/mol. The average molecular weight is 164 g/mol. The third kappa shape index (κ3) is 8.17. The Morgan fingerprint density at radius 3 is 2.00 bits per heavy atom. The SMILES string of the molecule is CC(C)(C)SSC(=N)N. The van der Waals surface area contributed by atoms with E-state index in [1.54, 1.807) is 10.8 Å². The van der Waals surface area contributed by atoms with Crippen molar-refractivity contribution < 1.29 is 0 Å². The largest absolute Gasteiger partial charge is 0.378 e. The molecule has 54 valence electrons. The summed E-state index contributed by atoms with van der Waals surface area (Å²) >= 11 is 0. The van der Waals surface area contributed by atoms with Gasteiger partial charge in [-0.15, -0.1) is 0 Å². The molecule has 0 bridgehead atoms. The maximum absolute atomic E-state index is 6.89. The zero-order valence-electron chi connectivity index (χ0n) is 5.89. The molecule has 0 aromatic rings. The van der Waals surface area contributed by atoms with E-state index in [1.807, 2.05) is 0 Å². The summed E-state index contributed by atoms with van der Waals surface area (Å²) in [5.41, 5.74) is 5.13. The second kappa shape index (κ2) is 3.37. The minimum absolute atomic E-state index is 0.176. The smallest absolute Gasteiger partial charge is 0.161 e. The standard InChI is InChI=1S/C5H12N2S2/c1-5(2,3)9-8-4(6)7/h1-3H3,(H3,6,7). The molecule has 4 heteroatoms. The molecular formula is C5H12N2S2. The van der Waals surface area contributed by atoms with Crippen molar-refractivity contribution in [3.05, 3.63) is 0 Å². The molecule has 0 radical (unpaired) electrons. The molecule has 0 aliphatic heterocycles. The summed E-state index contributed by atoms with van der Waals surface area (Å²) in [5.74, 6) is 0.